The standard InChI is InChI=1S/C32H43Cl2N3O3/c1-22(2)28-21-36(30(24-6-10-26(33)11-7-24)25-8-12-27(34)13-9-25)18-19-37(28)29(38)20-23-14-16-35(17-15-23)31(39)40-32(3,4)5/h6-13,22-23,28,30H,14-21H2,1-5H3/t28-/m0/s1. The van der Waals surface area contributed by atoms with Crippen LogP contribution in [-0.4, -0.2) is 71.1 Å². The fourth-order valence-corrected chi connectivity index (χ4v) is 6.11. The quantitative estimate of drug-likeness (QED) is 0.356. The Bertz CT molecular complexity index is 1090. The van der Waals surface area contributed by atoms with E-state index in [1.807, 2.05) is 45.0 Å². The number of carbonyl (C=O) groups excluding carboxylic acids is 2. The molecule has 2 amide bonds. The van der Waals surface area contributed by atoms with Gasteiger partial charge in [-0.15, -0.1) is 0 Å². The van der Waals surface area contributed by atoms with Gasteiger partial charge in [-0.1, -0.05) is 61.3 Å². The number of hydrogen-bond acceptors (Lipinski definition) is 4. The molecule has 0 radical (unpaired) electrons. The van der Waals surface area contributed by atoms with Crippen LogP contribution < -0.4 is 0 Å². The van der Waals surface area contributed by atoms with Crippen LogP contribution in [0.25, 0.3) is 0 Å². The fraction of sp³-hybridized carbons (Fsp3) is 0.562. The van der Waals surface area contributed by atoms with Gasteiger partial charge in [-0.05, 0) is 80.8 Å². The number of piperazine rings is 1. The van der Waals surface area contributed by atoms with Gasteiger partial charge >= 0.3 is 6.09 Å². The molecule has 8 heteroatoms. The lowest BCUT2D eigenvalue weighted by Gasteiger charge is -2.47. The molecular formula is C32H43Cl2N3O3. The number of hydrogen-bond donors (Lipinski definition) is 0. The Morgan fingerprint density at radius 1 is 0.875 bits per heavy atom. The summed E-state index contributed by atoms with van der Waals surface area (Å²) in [6.07, 6.45) is 1.92. The fourth-order valence-electron chi connectivity index (χ4n) is 5.86. The highest BCUT2D eigenvalue weighted by atomic mass is 35.5. The molecule has 0 aliphatic carbocycles. The van der Waals surface area contributed by atoms with Crippen LogP contribution in [0.3, 0.4) is 0 Å². The number of amides is 2. The van der Waals surface area contributed by atoms with E-state index in [1.54, 1.807) is 4.90 Å². The molecule has 2 saturated heterocycles. The Hall–Kier alpha value is -2.28. The molecule has 0 unspecified atom stereocenters. The van der Waals surface area contributed by atoms with E-state index in [2.05, 4.69) is 47.9 Å². The van der Waals surface area contributed by atoms with E-state index >= 15 is 0 Å². The summed E-state index contributed by atoms with van der Waals surface area (Å²) in [5.74, 6) is 0.827. The van der Waals surface area contributed by atoms with E-state index in [4.69, 9.17) is 27.9 Å². The lowest BCUT2D eigenvalue weighted by atomic mass is 9.90. The zero-order valence-corrected chi connectivity index (χ0v) is 25.9. The first-order valence-corrected chi connectivity index (χ1v) is 15.2. The third kappa shape index (κ3) is 7.92. The van der Waals surface area contributed by atoms with Crippen molar-refractivity contribution in [2.45, 2.75) is 71.6 Å². The SMILES string of the molecule is CC(C)[C@@H]1CN(C(c2ccc(Cl)cc2)c2ccc(Cl)cc2)CCN1C(=O)CC1CCN(C(=O)OC(C)(C)C)CC1. The van der Waals surface area contributed by atoms with Gasteiger partial charge in [0.05, 0.1) is 6.04 Å². The van der Waals surface area contributed by atoms with Crippen molar-refractivity contribution < 1.29 is 14.3 Å². The average Bonchev–Trinajstić information content (AvgIpc) is 2.90. The molecule has 0 bridgehead atoms. The second-order valence-electron chi connectivity index (χ2n) is 12.5. The molecule has 40 heavy (non-hydrogen) atoms. The first-order valence-electron chi connectivity index (χ1n) is 14.4. The lowest BCUT2D eigenvalue weighted by molar-refractivity contribution is -0.139. The minimum Gasteiger partial charge on any atom is -0.444 e. The largest absolute Gasteiger partial charge is 0.444 e. The molecule has 218 valence electrons. The highest BCUT2D eigenvalue weighted by molar-refractivity contribution is 6.30. The van der Waals surface area contributed by atoms with Crippen LogP contribution in [0.2, 0.25) is 10.0 Å². The van der Waals surface area contributed by atoms with Crippen molar-refractivity contribution in [3.05, 3.63) is 69.7 Å². The number of ether oxygens (including phenoxy) is 1. The van der Waals surface area contributed by atoms with Crippen molar-refractivity contribution in [3.8, 4) is 0 Å². The van der Waals surface area contributed by atoms with Gasteiger partial charge in [0, 0.05) is 55.2 Å². The highest BCUT2D eigenvalue weighted by Gasteiger charge is 2.37. The highest BCUT2D eigenvalue weighted by Crippen LogP contribution is 2.34. The second-order valence-corrected chi connectivity index (χ2v) is 13.4. The maximum Gasteiger partial charge on any atom is 0.410 e. The number of benzene rings is 2. The van der Waals surface area contributed by atoms with Crippen molar-refractivity contribution in [2.24, 2.45) is 11.8 Å². The van der Waals surface area contributed by atoms with Crippen LogP contribution in [0, 0.1) is 11.8 Å². The van der Waals surface area contributed by atoms with Crippen LogP contribution in [0.5, 0.6) is 0 Å². The monoisotopic (exact) mass is 587 g/mol. The summed E-state index contributed by atoms with van der Waals surface area (Å²) in [5.41, 5.74) is 1.84. The molecule has 0 N–H and O–H groups in total. The molecule has 0 aromatic heterocycles. The predicted molar refractivity (Wildman–Crippen MR) is 162 cm³/mol. The van der Waals surface area contributed by atoms with Crippen molar-refractivity contribution in [2.75, 3.05) is 32.7 Å². The Kier molecular flexibility index (Phi) is 10.1. The lowest BCUT2D eigenvalue weighted by Crippen LogP contribution is -2.58. The number of carbonyl (C=O) groups is 2. The van der Waals surface area contributed by atoms with Crippen LogP contribution in [-0.2, 0) is 9.53 Å². The van der Waals surface area contributed by atoms with Gasteiger partial charge in [-0.2, -0.15) is 0 Å². The number of piperidine rings is 1. The predicted octanol–water partition coefficient (Wildman–Crippen LogP) is 7.29. The van der Waals surface area contributed by atoms with E-state index in [0.717, 1.165) is 25.9 Å². The molecule has 0 saturated carbocycles. The van der Waals surface area contributed by atoms with E-state index in [9.17, 15) is 9.59 Å². The molecule has 2 aliphatic rings. The van der Waals surface area contributed by atoms with Crippen LogP contribution in [0.1, 0.15) is 71.0 Å². The third-order valence-corrected chi connectivity index (χ3v) is 8.51. The Morgan fingerprint density at radius 2 is 1.40 bits per heavy atom. The Balaban J connectivity index is 1.42. The maximum absolute atomic E-state index is 13.6. The van der Waals surface area contributed by atoms with E-state index in [-0.39, 0.29) is 30.0 Å². The van der Waals surface area contributed by atoms with Gasteiger partial charge < -0.3 is 14.5 Å². The molecular weight excluding hydrogens is 545 g/mol. The molecule has 6 nitrogen and oxygen atoms in total. The van der Waals surface area contributed by atoms with Gasteiger partial charge in [0.2, 0.25) is 5.91 Å². The zero-order valence-electron chi connectivity index (χ0n) is 24.4. The van der Waals surface area contributed by atoms with Crippen LogP contribution in [0.15, 0.2) is 48.5 Å². The molecule has 2 aromatic rings. The van der Waals surface area contributed by atoms with Crippen LogP contribution >= 0.6 is 23.2 Å². The summed E-state index contributed by atoms with van der Waals surface area (Å²) in [6.45, 7) is 13.6. The molecule has 2 aliphatic heterocycles. The van der Waals surface area contributed by atoms with Gasteiger partial charge in [0.1, 0.15) is 5.60 Å². The third-order valence-electron chi connectivity index (χ3n) is 8.01. The topological polar surface area (TPSA) is 53.1 Å². The van der Waals surface area contributed by atoms with E-state index in [0.29, 0.717) is 42.0 Å². The van der Waals surface area contributed by atoms with E-state index in [1.165, 1.54) is 11.1 Å². The Morgan fingerprint density at radius 3 is 1.88 bits per heavy atom. The molecule has 2 aromatic carbocycles. The first kappa shape index (κ1) is 30.7. The summed E-state index contributed by atoms with van der Waals surface area (Å²) < 4.78 is 5.53. The second kappa shape index (κ2) is 13.1. The van der Waals surface area contributed by atoms with Crippen molar-refractivity contribution in [1.82, 2.24) is 14.7 Å². The van der Waals surface area contributed by atoms with Crippen molar-refractivity contribution in [3.63, 3.8) is 0 Å². The van der Waals surface area contributed by atoms with Gasteiger partial charge in [-0.3, -0.25) is 9.69 Å². The zero-order chi connectivity index (χ0) is 29.0. The molecule has 2 heterocycles. The van der Waals surface area contributed by atoms with Crippen molar-refractivity contribution in [1.29, 1.82) is 0 Å². The summed E-state index contributed by atoms with van der Waals surface area (Å²) in [7, 11) is 0. The molecule has 2 fully saturated rings. The molecule has 0 spiro atoms. The van der Waals surface area contributed by atoms with E-state index < -0.39 is 5.60 Å². The number of nitrogens with zero attached hydrogens (tertiary/aromatic N) is 3. The normalized spacial score (nSPS) is 19.4. The number of likely N-dealkylation sites (tertiary alicyclic amines) is 1. The molecule has 1 atom stereocenters. The van der Waals surface area contributed by atoms with Gasteiger partial charge in [0.15, 0.2) is 0 Å². The maximum atomic E-state index is 13.6. The Labute approximate surface area is 249 Å². The van der Waals surface area contributed by atoms with Gasteiger partial charge in [-0.25, -0.2) is 4.79 Å². The number of halogens is 2. The minimum atomic E-state index is -0.502. The van der Waals surface area contributed by atoms with Crippen LogP contribution in [0.4, 0.5) is 4.79 Å². The first-order chi connectivity index (χ1) is 18.9. The summed E-state index contributed by atoms with van der Waals surface area (Å²) in [5, 5.41) is 1.43. The van der Waals surface area contributed by atoms with Crippen molar-refractivity contribution >= 4 is 35.2 Å². The average molecular weight is 589 g/mol. The summed E-state index contributed by atoms with van der Waals surface area (Å²) >= 11 is 12.4. The minimum absolute atomic E-state index is 0.0465. The molecule has 4 rings (SSSR count). The summed E-state index contributed by atoms with van der Waals surface area (Å²) in [4.78, 5) is 32.5. The number of rotatable bonds is 6. The summed E-state index contributed by atoms with van der Waals surface area (Å²) in [6, 6.07) is 16.3. The smallest absolute Gasteiger partial charge is 0.410 e. The van der Waals surface area contributed by atoms with Gasteiger partial charge in [0.25, 0.3) is 0 Å².